The fourth-order valence-electron chi connectivity index (χ4n) is 1.74. The van der Waals surface area contributed by atoms with Gasteiger partial charge in [0.25, 0.3) is 0 Å². The van der Waals surface area contributed by atoms with Crippen LogP contribution in [0.3, 0.4) is 0 Å². The molecular formula is C14H12BrF3N2. The third kappa shape index (κ3) is 3.07. The molecule has 0 saturated heterocycles. The number of nitrogens with one attached hydrogen (secondary N) is 1. The van der Waals surface area contributed by atoms with Crippen molar-refractivity contribution in [1.29, 1.82) is 0 Å². The molecule has 0 aliphatic heterocycles. The number of hydrogen-bond donors (Lipinski definition) is 2. The molecule has 0 bridgehead atoms. The van der Waals surface area contributed by atoms with E-state index in [1.54, 1.807) is 0 Å². The van der Waals surface area contributed by atoms with E-state index in [0.29, 0.717) is 5.69 Å². The van der Waals surface area contributed by atoms with Gasteiger partial charge in [0.2, 0.25) is 0 Å². The third-order valence-electron chi connectivity index (χ3n) is 2.84. The van der Waals surface area contributed by atoms with Gasteiger partial charge in [0.1, 0.15) is 0 Å². The van der Waals surface area contributed by atoms with Crippen molar-refractivity contribution in [3.63, 3.8) is 0 Å². The molecule has 3 N–H and O–H groups in total. The number of rotatable bonds is 2. The Balaban J connectivity index is 2.33. The largest absolute Gasteiger partial charge is 0.416 e. The molecule has 0 fully saturated rings. The van der Waals surface area contributed by atoms with Crippen LogP contribution in [0.4, 0.5) is 30.2 Å². The molecule has 20 heavy (non-hydrogen) atoms. The van der Waals surface area contributed by atoms with E-state index in [-0.39, 0.29) is 5.69 Å². The van der Waals surface area contributed by atoms with Gasteiger partial charge in [-0.1, -0.05) is 12.1 Å². The summed E-state index contributed by atoms with van der Waals surface area (Å²) in [5.74, 6) is 0. The quantitative estimate of drug-likeness (QED) is 0.743. The molecule has 0 radical (unpaired) electrons. The Morgan fingerprint density at radius 3 is 2.40 bits per heavy atom. The van der Waals surface area contributed by atoms with Crippen molar-refractivity contribution < 1.29 is 13.2 Å². The van der Waals surface area contributed by atoms with Gasteiger partial charge >= 0.3 is 6.18 Å². The molecule has 0 spiro atoms. The van der Waals surface area contributed by atoms with E-state index in [1.165, 1.54) is 6.07 Å². The maximum absolute atomic E-state index is 12.6. The summed E-state index contributed by atoms with van der Waals surface area (Å²) < 4.78 is 38.5. The third-order valence-corrected chi connectivity index (χ3v) is 3.89. The Morgan fingerprint density at radius 1 is 1.10 bits per heavy atom. The highest BCUT2D eigenvalue weighted by Crippen LogP contribution is 2.35. The highest BCUT2D eigenvalue weighted by Gasteiger charge is 2.30. The molecular weight excluding hydrogens is 333 g/mol. The molecule has 106 valence electrons. The number of aryl methyl sites for hydroxylation is 1. The zero-order valence-electron chi connectivity index (χ0n) is 10.6. The van der Waals surface area contributed by atoms with Crippen molar-refractivity contribution in [2.75, 3.05) is 11.1 Å². The highest BCUT2D eigenvalue weighted by molar-refractivity contribution is 9.10. The predicted molar refractivity (Wildman–Crippen MR) is 78.0 cm³/mol. The van der Waals surface area contributed by atoms with Gasteiger partial charge in [-0.05, 0) is 52.7 Å². The number of nitrogens with two attached hydrogens (primary N) is 1. The first kappa shape index (κ1) is 14.7. The average molecular weight is 345 g/mol. The smallest absolute Gasteiger partial charge is 0.397 e. The summed E-state index contributed by atoms with van der Waals surface area (Å²) in [4.78, 5) is 0. The van der Waals surface area contributed by atoms with Gasteiger partial charge in [0.15, 0.2) is 0 Å². The molecule has 0 unspecified atom stereocenters. The van der Waals surface area contributed by atoms with E-state index in [1.807, 2.05) is 25.1 Å². The Bertz CT molecular complexity index is 639. The SMILES string of the molecule is Cc1cccc(Nc2ccc(C(F)(F)F)cc2N)c1Br. The van der Waals surface area contributed by atoms with Crippen LogP contribution in [0.15, 0.2) is 40.9 Å². The first-order valence-corrected chi connectivity index (χ1v) is 6.57. The number of hydrogen-bond acceptors (Lipinski definition) is 2. The number of halogens is 4. The predicted octanol–water partition coefficient (Wildman–Crippen LogP) is 5.10. The van der Waals surface area contributed by atoms with Gasteiger partial charge in [-0.2, -0.15) is 13.2 Å². The Hall–Kier alpha value is -1.69. The van der Waals surface area contributed by atoms with Crippen LogP contribution >= 0.6 is 15.9 Å². The Kier molecular flexibility index (Phi) is 3.94. The van der Waals surface area contributed by atoms with Gasteiger partial charge in [0.05, 0.1) is 22.6 Å². The molecule has 0 aliphatic rings. The second-order valence-electron chi connectivity index (χ2n) is 4.36. The Morgan fingerprint density at radius 2 is 1.80 bits per heavy atom. The van der Waals surface area contributed by atoms with Crippen LogP contribution in [0.5, 0.6) is 0 Å². The van der Waals surface area contributed by atoms with E-state index in [4.69, 9.17) is 5.73 Å². The summed E-state index contributed by atoms with van der Waals surface area (Å²) in [6.07, 6.45) is -4.39. The zero-order chi connectivity index (χ0) is 14.9. The van der Waals surface area contributed by atoms with Crippen LogP contribution < -0.4 is 11.1 Å². The van der Waals surface area contributed by atoms with Gasteiger partial charge < -0.3 is 11.1 Å². The van der Waals surface area contributed by atoms with Gasteiger partial charge in [0, 0.05) is 4.47 Å². The van der Waals surface area contributed by atoms with Crippen LogP contribution in [-0.2, 0) is 6.18 Å². The molecule has 2 nitrogen and oxygen atoms in total. The van der Waals surface area contributed by atoms with E-state index >= 15 is 0 Å². The number of alkyl halides is 3. The minimum atomic E-state index is -4.39. The summed E-state index contributed by atoms with van der Waals surface area (Å²) in [7, 11) is 0. The second kappa shape index (κ2) is 5.36. The Labute approximate surface area is 122 Å². The van der Waals surface area contributed by atoms with Crippen molar-refractivity contribution >= 4 is 33.0 Å². The molecule has 0 aromatic heterocycles. The van der Waals surface area contributed by atoms with Crippen molar-refractivity contribution in [3.8, 4) is 0 Å². The molecule has 2 rings (SSSR count). The second-order valence-corrected chi connectivity index (χ2v) is 5.15. The fourth-order valence-corrected chi connectivity index (χ4v) is 2.11. The number of anilines is 3. The minimum absolute atomic E-state index is 0.0493. The maximum Gasteiger partial charge on any atom is 0.416 e. The van der Waals surface area contributed by atoms with E-state index < -0.39 is 11.7 Å². The van der Waals surface area contributed by atoms with E-state index in [0.717, 1.165) is 27.9 Å². The molecule has 0 aliphatic carbocycles. The molecule has 2 aromatic rings. The van der Waals surface area contributed by atoms with Gasteiger partial charge in [-0.15, -0.1) is 0 Å². The zero-order valence-corrected chi connectivity index (χ0v) is 12.1. The van der Waals surface area contributed by atoms with Crippen LogP contribution in [-0.4, -0.2) is 0 Å². The average Bonchev–Trinajstić information content (AvgIpc) is 2.36. The summed E-state index contributed by atoms with van der Waals surface area (Å²) in [5, 5.41) is 3.02. The maximum atomic E-state index is 12.6. The minimum Gasteiger partial charge on any atom is -0.397 e. The lowest BCUT2D eigenvalue weighted by molar-refractivity contribution is -0.137. The van der Waals surface area contributed by atoms with Crippen molar-refractivity contribution in [2.45, 2.75) is 13.1 Å². The monoisotopic (exact) mass is 344 g/mol. The first-order chi connectivity index (χ1) is 9.29. The molecule has 0 heterocycles. The van der Waals surface area contributed by atoms with E-state index in [2.05, 4.69) is 21.2 Å². The lowest BCUT2D eigenvalue weighted by atomic mass is 10.1. The fraction of sp³-hybridized carbons (Fsp3) is 0.143. The summed E-state index contributed by atoms with van der Waals surface area (Å²) >= 11 is 3.43. The van der Waals surface area contributed by atoms with Crippen LogP contribution in [0.2, 0.25) is 0 Å². The first-order valence-electron chi connectivity index (χ1n) is 5.78. The number of benzene rings is 2. The van der Waals surface area contributed by atoms with Crippen molar-refractivity contribution in [2.24, 2.45) is 0 Å². The standard InChI is InChI=1S/C14H12BrF3N2/c1-8-3-2-4-12(13(8)15)20-11-6-5-9(7-10(11)19)14(16,17)18/h2-7,20H,19H2,1H3. The molecule has 0 saturated carbocycles. The normalized spacial score (nSPS) is 11.4. The van der Waals surface area contributed by atoms with Crippen LogP contribution in [0.1, 0.15) is 11.1 Å². The van der Waals surface area contributed by atoms with Crippen molar-refractivity contribution in [3.05, 3.63) is 52.0 Å². The molecule has 0 amide bonds. The van der Waals surface area contributed by atoms with Crippen molar-refractivity contribution in [1.82, 2.24) is 0 Å². The summed E-state index contributed by atoms with van der Waals surface area (Å²) in [6.45, 7) is 1.92. The van der Waals surface area contributed by atoms with Crippen LogP contribution in [0, 0.1) is 6.92 Å². The van der Waals surface area contributed by atoms with Crippen LogP contribution in [0.25, 0.3) is 0 Å². The summed E-state index contributed by atoms with van der Waals surface area (Å²) in [5.41, 5.74) is 7.16. The molecule has 0 atom stereocenters. The lowest BCUT2D eigenvalue weighted by Gasteiger charge is -2.14. The van der Waals surface area contributed by atoms with E-state index in [9.17, 15) is 13.2 Å². The van der Waals surface area contributed by atoms with Gasteiger partial charge in [-0.25, -0.2) is 0 Å². The molecule has 6 heteroatoms. The summed E-state index contributed by atoms with van der Waals surface area (Å²) in [6, 6.07) is 8.84. The topological polar surface area (TPSA) is 38.0 Å². The molecule has 2 aromatic carbocycles. The highest BCUT2D eigenvalue weighted by atomic mass is 79.9. The number of nitrogen functional groups attached to an aromatic ring is 1. The lowest BCUT2D eigenvalue weighted by Crippen LogP contribution is -2.06. The van der Waals surface area contributed by atoms with Gasteiger partial charge in [-0.3, -0.25) is 0 Å².